The van der Waals surface area contributed by atoms with Crippen molar-refractivity contribution in [2.75, 3.05) is 26.2 Å². The zero-order valence-electron chi connectivity index (χ0n) is 7.35. The predicted octanol–water partition coefficient (Wildman–Crippen LogP) is -0.195. The quantitative estimate of drug-likeness (QED) is 0.549. The van der Waals surface area contributed by atoms with Crippen molar-refractivity contribution in [3.8, 4) is 0 Å². The van der Waals surface area contributed by atoms with Crippen molar-refractivity contribution in [2.24, 2.45) is 5.41 Å². The summed E-state index contributed by atoms with van der Waals surface area (Å²) >= 11 is 0. The molecule has 2 saturated heterocycles. The number of hydrogen-bond acceptors (Lipinski definition) is 3. The van der Waals surface area contributed by atoms with Crippen LogP contribution in [0.5, 0.6) is 0 Å². The van der Waals surface area contributed by atoms with E-state index in [1.54, 1.807) is 0 Å². The fourth-order valence-electron chi connectivity index (χ4n) is 1.82. The first-order valence-corrected chi connectivity index (χ1v) is 4.43. The van der Waals surface area contributed by atoms with E-state index >= 15 is 0 Å². The Hall–Kier alpha value is -0.120. The fourth-order valence-corrected chi connectivity index (χ4v) is 1.82. The second-order valence-corrected chi connectivity index (χ2v) is 4.16. The number of hydrogen-bond donors (Lipinski definition) is 2. The van der Waals surface area contributed by atoms with Crippen LogP contribution in [0.25, 0.3) is 0 Å². The van der Waals surface area contributed by atoms with Gasteiger partial charge >= 0.3 is 0 Å². The maximum absolute atomic E-state index is 3.44. The third-order valence-electron chi connectivity index (χ3n) is 2.79. The maximum atomic E-state index is 3.44. The van der Waals surface area contributed by atoms with E-state index in [-0.39, 0.29) is 0 Å². The van der Waals surface area contributed by atoms with Crippen molar-refractivity contribution in [1.82, 2.24) is 15.8 Å². The number of hydrazine groups is 1. The zero-order valence-corrected chi connectivity index (χ0v) is 7.35. The molecule has 0 amide bonds. The Labute approximate surface area is 68.1 Å². The molecule has 3 nitrogen and oxygen atoms in total. The summed E-state index contributed by atoms with van der Waals surface area (Å²) in [4.78, 5) is 0. The summed E-state index contributed by atoms with van der Waals surface area (Å²) in [7, 11) is 0. The monoisotopic (exact) mass is 155 g/mol. The largest absolute Gasteiger partial charge is 0.315 e. The van der Waals surface area contributed by atoms with Crippen molar-refractivity contribution < 1.29 is 0 Å². The van der Waals surface area contributed by atoms with Gasteiger partial charge in [0.1, 0.15) is 0 Å². The predicted molar refractivity (Wildman–Crippen MR) is 45.1 cm³/mol. The third-order valence-corrected chi connectivity index (χ3v) is 2.79. The van der Waals surface area contributed by atoms with Crippen LogP contribution in [0.15, 0.2) is 0 Å². The highest BCUT2D eigenvalue weighted by Crippen LogP contribution is 2.27. The topological polar surface area (TPSA) is 27.3 Å². The van der Waals surface area contributed by atoms with Gasteiger partial charge in [-0.2, -0.15) is 0 Å². The van der Waals surface area contributed by atoms with Gasteiger partial charge in [0.2, 0.25) is 0 Å². The second kappa shape index (κ2) is 2.44. The molecule has 2 N–H and O–H groups in total. The van der Waals surface area contributed by atoms with Gasteiger partial charge in [0, 0.05) is 37.6 Å². The van der Waals surface area contributed by atoms with E-state index in [1.165, 1.54) is 19.6 Å². The van der Waals surface area contributed by atoms with Crippen LogP contribution in [-0.2, 0) is 0 Å². The molecule has 0 aromatic carbocycles. The minimum atomic E-state index is 0.574. The van der Waals surface area contributed by atoms with Crippen LogP contribution in [-0.4, -0.2) is 37.2 Å². The van der Waals surface area contributed by atoms with Gasteiger partial charge in [-0.25, -0.2) is 5.01 Å². The SMILES string of the molecule is CC(C)N1CC2(CNC2)CN1. The van der Waals surface area contributed by atoms with Gasteiger partial charge in [0.25, 0.3) is 0 Å². The lowest BCUT2D eigenvalue weighted by molar-refractivity contribution is 0.150. The van der Waals surface area contributed by atoms with Crippen LogP contribution in [0.3, 0.4) is 0 Å². The molecule has 0 unspecified atom stereocenters. The van der Waals surface area contributed by atoms with Gasteiger partial charge in [0.15, 0.2) is 0 Å². The molecule has 64 valence electrons. The first kappa shape index (κ1) is 7.53. The molecular formula is C8H17N3. The molecule has 2 rings (SSSR count). The molecule has 2 fully saturated rings. The van der Waals surface area contributed by atoms with Crippen LogP contribution in [0.4, 0.5) is 0 Å². The first-order chi connectivity index (χ1) is 5.22. The Balaban J connectivity index is 1.93. The molecular weight excluding hydrogens is 138 g/mol. The molecule has 3 heteroatoms. The molecule has 1 spiro atoms. The lowest BCUT2D eigenvalue weighted by Crippen LogP contribution is -2.56. The molecule has 2 aliphatic heterocycles. The van der Waals surface area contributed by atoms with E-state index < -0.39 is 0 Å². The molecule has 0 atom stereocenters. The van der Waals surface area contributed by atoms with Crippen molar-refractivity contribution in [3.05, 3.63) is 0 Å². The van der Waals surface area contributed by atoms with Crippen LogP contribution in [0, 0.1) is 5.41 Å². The molecule has 2 aliphatic rings. The summed E-state index contributed by atoms with van der Waals surface area (Å²) in [5.41, 5.74) is 4.02. The smallest absolute Gasteiger partial charge is 0.0232 e. The van der Waals surface area contributed by atoms with Crippen LogP contribution in [0.2, 0.25) is 0 Å². The zero-order chi connectivity index (χ0) is 7.90. The minimum absolute atomic E-state index is 0.574. The van der Waals surface area contributed by atoms with Gasteiger partial charge in [-0.1, -0.05) is 0 Å². The van der Waals surface area contributed by atoms with Crippen molar-refractivity contribution in [1.29, 1.82) is 0 Å². The number of nitrogens with zero attached hydrogens (tertiary/aromatic N) is 1. The van der Waals surface area contributed by atoms with Crippen molar-refractivity contribution >= 4 is 0 Å². The Bertz CT molecular complexity index is 151. The number of rotatable bonds is 1. The molecule has 0 saturated carbocycles. The molecule has 0 aliphatic carbocycles. The molecule has 0 aromatic heterocycles. The number of nitrogens with one attached hydrogen (secondary N) is 2. The summed E-state index contributed by atoms with van der Waals surface area (Å²) < 4.78 is 0. The molecule has 2 heterocycles. The van der Waals surface area contributed by atoms with E-state index in [0.29, 0.717) is 11.5 Å². The molecule has 0 radical (unpaired) electrons. The third kappa shape index (κ3) is 1.17. The summed E-state index contributed by atoms with van der Waals surface area (Å²) in [5.74, 6) is 0. The molecule has 0 bridgehead atoms. The van der Waals surface area contributed by atoms with E-state index in [0.717, 1.165) is 6.54 Å². The highest BCUT2D eigenvalue weighted by molar-refractivity contribution is 4.99. The van der Waals surface area contributed by atoms with Crippen LogP contribution >= 0.6 is 0 Å². The second-order valence-electron chi connectivity index (χ2n) is 4.16. The highest BCUT2D eigenvalue weighted by atomic mass is 15.6. The van der Waals surface area contributed by atoms with E-state index in [9.17, 15) is 0 Å². The summed E-state index contributed by atoms with van der Waals surface area (Å²) in [6.07, 6.45) is 0. The summed E-state index contributed by atoms with van der Waals surface area (Å²) in [6.45, 7) is 9.25. The van der Waals surface area contributed by atoms with Crippen molar-refractivity contribution in [2.45, 2.75) is 19.9 Å². The fraction of sp³-hybridized carbons (Fsp3) is 1.00. The standard InChI is InChI=1S/C8H17N3/c1-7(2)11-6-8(5-10-11)3-9-4-8/h7,9-10H,3-6H2,1-2H3. The normalized spacial score (nSPS) is 29.7. The maximum Gasteiger partial charge on any atom is 0.0232 e. The van der Waals surface area contributed by atoms with Gasteiger partial charge < -0.3 is 5.32 Å². The van der Waals surface area contributed by atoms with Gasteiger partial charge in [-0.15, -0.1) is 0 Å². The average molecular weight is 155 g/mol. The lowest BCUT2D eigenvalue weighted by Gasteiger charge is -2.38. The van der Waals surface area contributed by atoms with Gasteiger partial charge in [-0.3, -0.25) is 5.43 Å². The highest BCUT2D eigenvalue weighted by Gasteiger charge is 2.43. The van der Waals surface area contributed by atoms with Crippen molar-refractivity contribution in [3.63, 3.8) is 0 Å². The van der Waals surface area contributed by atoms with Crippen LogP contribution < -0.4 is 10.7 Å². The lowest BCUT2D eigenvalue weighted by atomic mass is 9.83. The summed E-state index contributed by atoms with van der Waals surface area (Å²) in [5, 5.41) is 5.68. The Morgan fingerprint density at radius 3 is 2.27 bits per heavy atom. The van der Waals surface area contributed by atoms with Gasteiger partial charge in [-0.05, 0) is 13.8 Å². The summed E-state index contributed by atoms with van der Waals surface area (Å²) in [6, 6.07) is 0.634. The Morgan fingerprint density at radius 1 is 1.27 bits per heavy atom. The first-order valence-electron chi connectivity index (χ1n) is 4.43. The molecule has 0 aromatic rings. The molecule has 11 heavy (non-hydrogen) atoms. The van der Waals surface area contributed by atoms with E-state index in [2.05, 4.69) is 29.6 Å². The minimum Gasteiger partial charge on any atom is -0.315 e. The van der Waals surface area contributed by atoms with Crippen LogP contribution in [0.1, 0.15) is 13.8 Å². The average Bonchev–Trinajstić information content (AvgIpc) is 2.28. The Morgan fingerprint density at radius 2 is 2.00 bits per heavy atom. The van der Waals surface area contributed by atoms with Gasteiger partial charge in [0.05, 0.1) is 0 Å². The van der Waals surface area contributed by atoms with E-state index in [1.807, 2.05) is 0 Å². The Kier molecular flexibility index (Phi) is 1.67. The van der Waals surface area contributed by atoms with E-state index in [4.69, 9.17) is 0 Å².